The molecule has 2 amide bonds. The van der Waals surface area contributed by atoms with E-state index < -0.39 is 0 Å². The molecule has 5 heteroatoms. The second-order valence-corrected chi connectivity index (χ2v) is 5.67. The molecule has 0 aliphatic carbocycles. The first-order valence-corrected chi connectivity index (χ1v) is 7.91. The summed E-state index contributed by atoms with van der Waals surface area (Å²) in [4.78, 5) is 23.9. The van der Waals surface area contributed by atoms with Crippen LogP contribution in [0, 0.1) is 5.82 Å². The van der Waals surface area contributed by atoms with Crippen LogP contribution >= 0.6 is 0 Å². The third-order valence-electron chi connectivity index (χ3n) is 3.55. The minimum atomic E-state index is -0.272. The molecule has 0 saturated carbocycles. The Hall–Kier alpha value is -2.69. The van der Waals surface area contributed by atoms with E-state index in [2.05, 4.69) is 10.6 Å². The SMILES string of the molecule is C[C@@H](CC(=O)NCCc1ccc(F)cc1)NC(=O)c1ccccc1. The van der Waals surface area contributed by atoms with Crippen molar-refractivity contribution in [2.24, 2.45) is 0 Å². The van der Waals surface area contributed by atoms with Crippen molar-refractivity contribution in [3.8, 4) is 0 Å². The van der Waals surface area contributed by atoms with Gasteiger partial charge in [0.1, 0.15) is 5.82 Å². The zero-order valence-electron chi connectivity index (χ0n) is 13.6. The topological polar surface area (TPSA) is 58.2 Å². The number of rotatable bonds is 7. The Morgan fingerprint density at radius 1 is 1.04 bits per heavy atom. The summed E-state index contributed by atoms with van der Waals surface area (Å²) in [6.07, 6.45) is 0.846. The van der Waals surface area contributed by atoms with E-state index >= 15 is 0 Å². The predicted molar refractivity (Wildman–Crippen MR) is 91.1 cm³/mol. The van der Waals surface area contributed by atoms with Gasteiger partial charge in [-0.15, -0.1) is 0 Å². The zero-order chi connectivity index (χ0) is 17.4. The molecule has 0 aromatic heterocycles. The van der Waals surface area contributed by atoms with E-state index in [0.717, 1.165) is 5.56 Å². The first-order chi connectivity index (χ1) is 11.5. The van der Waals surface area contributed by atoms with Crippen LogP contribution in [-0.4, -0.2) is 24.4 Å². The monoisotopic (exact) mass is 328 g/mol. The number of halogens is 1. The number of benzene rings is 2. The fourth-order valence-corrected chi connectivity index (χ4v) is 2.30. The highest BCUT2D eigenvalue weighted by Gasteiger charge is 2.12. The molecule has 1 atom stereocenters. The molecular formula is C19H21FN2O2. The maximum atomic E-state index is 12.8. The van der Waals surface area contributed by atoms with Gasteiger partial charge in [-0.2, -0.15) is 0 Å². The summed E-state index contributed by atoms with van der Waals surface area (Å²) in [6, 6.07) is 14.8. The number of carbonyl (C=O) groups excluding carboxylic acids is 2. The number of nitrogens with one attached hydrogen (secondary N) is 2. The third-order valence-corrected chi connectivity index (χ3v) is 3.55. The molecule has 2 rings (SSSR count). The van der Waals surface area contributed by atoms with Gasteiger partial charge in [-0.05, 0) is 43.2 Å². The van der Waals surface area contributed by atoms with E-state index in [0.29, 0.717) is 18.5 Å². The molecule has 2 aromatic rings. The molecule has 0 fully saturated rings. The van der Waals surface area contributed by atoms with E-state index in [4.69, 9.17) is 0 Å². The Morgan fingerprint density at radius 3 is 2.38 bits per heavy atom. The summed E-state index contributed by atoms with van der Waals surface area (Å²) in [6.45, 7) is 2.27. The van der Waals surface area contributed by atoms with Crippen molar-refractivity contribution < 1.29 is 14.0 Å². The lowest BCUT2D eigenvalue weighted by Crippen LogP contribution is -2.37. The molecule has 2 N–H and O–H groups in total. The fraction of sp³-hybridized carbons (Fsp3) is 0.263. The molecule has 4 nitrogen and oxygen atoms in total. The second-order valence-electron chi connectivity index (χ2n) is 5.67. The van der Waals surface area contributed by atoms with Crippen molar-refractivity contribution in [3.63, 3.8) is 0 Å². The van der Waals surface area contributed by atoms with Gasteiger partial charge >= 0.3 is 0 Å². The van der Waals surface area contributed by atoms with Gasteiger partial charge in [0.05, 0.1) is 0 Å². The van der Waals surface area contributed by atoms with Crippen LogP contribution in [0.5, 0.6) is 0 Å². The zero-order valence-corrected chi connectivity index (χ0v) is 13.6. The number of amides is 2. The van der Waals surface area contributed by atoms with Crippen LogP contribution < -0.4 is 10.6 Å². The van der Waals surface area contributed by atoms with Crippen molar-refractivity contribution in [2.75, 3.05) is 6.54 Å². The fourth-order valence-electron chi connectivity index (χ4n) is 2.30. The Balaban J connectivity index is 1.69. The van der Waals surface area contributed by atoms with E-state index in [1.165, 1.54) is 12.1 Å². The highest BCUT2D eigenvalue weighted by atomic mass is 19.1. The van der Waals surface area contributed by atoms with Crippen LogP contribution in [0.4, 0.5) is 4.39 Å². The van der Waals surface area contributed by atoms with Crippen molar-refractivity contribution in [1.82, 2.24) is 10.6 Å². The van der Waals surface area contributed by atoms with Crippen LogP contribution in [0.1, 0.15) is 29.3 Å². The second kappa shape index (κ2) is 8.82. The standard InChI is InChI=1S/C19H21FN2O2/c1-14(22-19(24)16-5-3-2-4-6-16)13-18(23)21-12-11-15-7-9-17(20)10-8-15/h2-10,14H,11-13H2,1H3,(H,21,23)(H,22,24)/t14-/m0/s1. The molecule has 2 aromatic carbocycles. The van der Waals surface area contributed by atoms with Gasteiger partial charge < -0.3 is 10.6 Å². The molecule has 0 saturated heterocycles. The van der Waals surface area contributed by atoms with Gasteiger partial charge in [0.2, 0.25) is 5.91 Å². The maximum absolute atomic E-state index is 12.8. The molecule has 126 valence electrons. The van der Waals surface area contributed by atoms with Crippen LogP contribution in [0.3, 0.4) is 0 Å². The predicted octanol–water partition coefficient (Wildman–Crippen LogP) is 2.69. The first kappa shape index (κ1) is 17.7. The van der Waals surface area contributed by atoms with Crippen LogP contribution in [0.2, 0.25) is 0 Å². The van der Waals surface area contributed by atoms with Gasteiger partial charge in [-0.1, -0.05) is 30.3 Å². The molecule has 0 bridgehead atoms. The van der Waals surface area contributed by atoms with Gasteiger partial charge in [-0.3, -0.25) is 9.59 Å². The van der Waals surface area contributed by atoms with Gasteiger partial charge in [0.15, 0.2) is 0 Å². The van der Waals surface area contributed by atoms with Gasteiger partial charge in [-0.25, -0.2) is 4.39 Å². The largest absolute Gasteiger partial charge is 0.356 e. The maximum Gasteiger partial charge on any atom is 0.251 e. The Kier molecular flexibility index (Phi) is 6.49. The van der Waals surface area contributed by atoms with Crippen LogP contribution in [0.15, 0.2) is 54.6 Å². The molecule has 0 aliphatic rings. The summed E-state index contributed by atoms with van der Waals surface area (Å²) in [5.41, 5.74) is 1.53. The molecule has 0 unspecified atom stereocenters. The summed E-state index contributed by atoms with van der Waals surface area (Å²) in [5, 5.41) is 5.61. The lowest BCUT2D eigenvalue weighted by atomic mass is 10.1. The van der Waals surface area contributed by atoms with Crippen molar-refractivity contribution in [1.29, 1.82) is 0 Å². The van der Waals surface area contributed by atoms with Crippen LogP contribution in [0.25, 0.3) is 0 Å². The summed E-state index contributed by atoms with van der Waals surface area (Å²) < 4.78 is 12.8. The van der Waals surface area contributed by atoms with Crippen molar-refractivity contribution >= 4 is 11.8 Å². The van der Waals surface area contributed by atoms with E-state index in [-0.39, 0.29) is 30.1 Å². The van der Waals surface area contributed by atoms with Gasteiger partial charge in [0.25, 0.3) is 5.91 Å². The Morgan fingerprint density at radius 2 is 1.71 bits per heavy atom. The smallest absolute Gasteiger partial charge is 0.251 e. The average Bonchev–Trinajstić information content (AvgIpc) is 2.57. The van der Waals surface area contributed by atoms with E-state index in [9.17, 15) is 14.0 Å². The minimum Gasteiger partial charge on any atom is -0.356 e. The van der Waals surface area contributed by atoms with E-state index in [1.807, 2.05) is 6.07 Å². The lowest BCUT2D eigenvalue weighted by molar-refractivity contribution is -0.121. The number of hydrogen-bond acceptors (Lipinski definition) is 2. The quantitative estimate of drug-likeness (QED) is 0.821. The molecular weight excluding hydrogens is 307 g/mol. The third kappa shape index (κ3) is 5.83. The summed E-state index contributed by atoms with van der Waals surface area (Å²) >= 11 is 0. The van der Waals surface area contributed by atoms with E-state index in [1.54, 1.807) is 43.3 Å². The molecule has 24 heavy (non-hydrogen) atoms. The normalized spacial score (nSPS) is 11.6. The highest BCUT2D eigenvalue weighted by molar-refractivity contribution is 5.94. The van der Waals surface area contributed by atoms with Crippen LogP contribution in [-0.2, 0) is 11.2 Å². The Labute approximate surface area is 141 Å². The molecule has 0 heterocycles. The number of hydrogen-bond donors (Lipinski definition) is 2. The Bertz CT molecular complexity index is 672. The summed E-state index contributed by atoms with van der Waals surface area (Å²) in [7, 11) is 0. The number of carbonyl (C=O) groups is 2. The summed E-state index contributed by atoms with van der Waals surface area (Å²) in [5.74, 6) is -0.592. The first-order valence-electron chi connectivity index (χ1n) is 7.91. The van der Waals surface area contributed by atoms with Gasteiger partial charge in [0, 0.05) is 24.6 Å². The van der Waals surface area contributed by atoms with Crippen molar-refractivity contribution in [2.45, 2.75) is 25.8 Å². The molecule has 0 spiro atoms. The lowest BCUT2D eigenvalue weighted by Gasteiger charge is -2.14. The molecule has 0 aliphatic heterocycles. The average molecular weight is 328 g/mol. The molecule has 0 radical (unpaired) electrons. The highest BCUT2D eigenvalue weighted by Crippen LogP contribution is 2.03. The van der Waals surface area contributed by atoms with Crippen molar-refractivity contribution in [3.05, 3.63) is 71.5 Å². The minimum absolute atomic E-state index is 0.127.